The fourth-order valence-electron chi connectivity index (χ4n) is 2.44. The Labute approximate surface area is 118 Å². The molecule has 0 unspecified atom stereocenters. The summed E-state index contributed by atoms with van der Waals surface area (Å²) in [4.78, 5) is 0. The van der Waals surface area contributed by atoms with E-state index in [1.807, 2.05) is 30.0 Å². The van der Waals surface area contributed by atoms with E-state index >= 15 is 0 Å². The Bertz CT molecular complexity index is 451. The van der Waals surface area contributed by atoms with Crippen molar-refractivity contribution in [3.05, 3.63) is 23.8 Å². The van der Waals surface area contributed by atoms with Gasteiger partial charge in [-0.25, -0.2) is 0 Å². The van der Waals surface area contributed by atoms with Crippen LogP contribution in [0.3, 0.4) is 0 Å². The Morgan fingerprint density at radius 1 is 1.21 bits per heavy atom. The fraction of sp³-hybridized carbons (Fsp3) is 0.600. The second-order valence-corrected chi connectivity index (χ2v) is 6.55. The summed E-state index contributed by atoms with van der Waals surface area (Å²) >= 11 is 1.99. The zero-order chi connectivity index (χ0) is 13.3. The van der Waals surface area contributed by atoms with E-state index in [0.29, 0.717) is 0 Å². The summed E-state index contributed by atoms with van der Waals surface area (Å²) < 4.78 is 11.5. The van der Waals surface area contributed by atoms with Gasteiger partial charge in [0.1, 0.15) is 6.10 Å². The van der Waals surface area contributed by atoms with Crippen LogP contribution in [0.25, 0.3) is 0 Å². The molecule has 104 valence electrons. The van der Waals surface area contributed by atoms with E-state index in [4.69, 9.17) is 9.47 Å². The molecule has 19 heavy (non-hydrogen) atoms. The standard InChI is InChI=1S/C15H20O3S/c1-17-13-3-2-11(15(16)6-7-15)10-14(13)18-12-4-8-19-9-5-12/h2-3,10,12,16H,4-9H2,1H3. The molecule has 3 nitrogen and oxygen atoms in total. The van der Waals surface area contributed by atoms with Crippen LogP contribution >= 0.6 is 11.8 Å². The second-order valence-electron chi connectivity index (χ2n) is 5.33. The molecule has 1 aliphatic heterocycles. The molecule has 1 aromatic rings. The molecule has 0 atom stereocenters. The van der Waals surface area contributed by atoms with Gasteiger partial charge in [0, 0.05) is 0 Å². The van der Waals surface area contributed by atoms with Gasteiger partial charge in [-0.2, -0.15) is 11.8 Å². The highest BCUT2D eigenvalue weighted by molar-refractivity contribution is 7.99. The van der Waals surface area contributed by atoms with E-state index < -0.39 is 5.60 Å². The van der Waals surface area contributed by atoms with Gasteiger partial charge in [-0.3, -0.25) is 0 Å². The van der Waals surface area contributed by atoms with E-state index in [0.717, 1.165) is 54.3 Å². The maximum absolute atomic E-state index is 10.2. The van der Waals surface area contributed by atoms with Crippen LogP contribution in [-0.4, -0.2) is 29.8 Å². The first-order valence-electron chi connectivity index (χ1n) is 6.86. The van der Waals surface area contributed by atoms with Crippen molar-refractivity contribution in [2.45, 2.75) is 37.4 Å². The van der Waals surface area contributed by atoms with Crippen molar-refractivity contribution in [2.24, 2.45) is 0 Å². The van der Waals surface area contributed by atoms with Crippen LogP contribution in [0.5, 0.6) is 11.5 Å². The van der Waals surface area contributed by atoms with Crippen LogP contribution in [0, 0.1) is 0 Å². The maximum atomic E-state index is 10.2. The lowest BCUT2D eigenvalue weighted by Crippen LogP contribution is -2.22. The molecule has 1 N–H and O–H groups in total. The number of hydrogen-bond donors (Lipinski definition) is 1. The van der Waals surface area contributed by atoms with Crippen LogP contribution in [0.15, 0.2) is 18.2 Å². The number of benzene rings is 1. The topological polar surface area (TPSA) is 38.7 Å². The Hall–Kier alpha value is -0.870. The number of aliphatic hydroxyl groups is 1. The number of thioether (sulfide) groups is 1. The van der Waals surface area contributed by atoms with E-state index in [1.165, 1.54) is 0 Å². The van der Waals surface area contributed by atoms with Crippen molar-refractivity contribution in [1.29, 1.82) is 0 Å². The highest BCUT2D eigenvalue weighted by Gasteiger charge is 2.42. The van der Waals surface area contributed by atoms with E-state index in [1.54, 1.807) is 7.11 Å². The number of rotatable bonds is 4. The predicted molar refractivity (Wildman–Crippen MR) is 77.1 cm³/mol. The van der Waals surface area contributed by atoms with Crippen LogP contribution in [-0.2, 0) is 5.60 Å². The zero-order valence-corrected chi connectivity index (χ0v) is 12.0. The molecule has 1 aromatic carbocycles. The first-order valence-corrected chi connectivity index (χ1v) is 8.02. The summed E-state index contributed by atoms with van der Waals surface area (Å²) in [6, 6.07) is 5.79. The molecule has 1 aliphatic carbocycles. The lowest BCUT2D eigenvalue weighted by molar-refractivity contribution is 0.149. The molecule has 0 amide bonds. The summed E-state index contributed by atoms with van der Waals surface area (Å²) in [5.41, 5.74) is 0.334. The van der Waals surface area contributed by atoms with Gasteiger partial charge in [-0.1, -0.05) is 6.07 Å². The van der Waals surface area contributed by atoms with Crippen molar-refractivity contribution >= 4 is 11.8 Å². The first-order chi connectivity index (χ1) is 9.21. The van der Waals surface area contributed by atoms with Gasteiger partial charge < -0.3 is 14.6 Å². The molecule has 1 heterocycles. The number of hydrogen-bond acceptors (Lipinski definition) is 4. The fourth-order valence-corrected chi connectivity index (χ4v) is 3.50. The monoisotopic (exact) mass is 280 g/mol. The lowest BCUT2D eigenvalue weighted by atomic mass is 10.1. The Morgan fingerprint density at radius 3 is 2.58 bits per heavy atom. The third-order valence-corrected chi connectivity index (χ3v) is 4.94. The SMILES string of the molecule is COc1ccc(C2(O)CC2)cc1OC1CCSCC1. The van der Waals surface area contributed by atoms with E-state index in [-0.39, 0.29) is 6.10 Å². The Balaban J connectivity index is 1.80. The summed E-state index contributed by atoms with van der Waals surface area (Å²) in [5.74, 6) is 3.86. The van der Waals surface area contributed by atoms with Gasteiger partial charge in [0.25, 0.3) is 0 Å². The molecule has 1 saturated heterocycles. The highest BCUT2D eigenvalue weighted by Crippen LogP contribution is 2.47. The van der Waals surface area contributed by atoms with Gasteiger partial charge in [0.2, 0.25) is 0 Å². The minimum Gasteiger partial charge on any atom is -0.493 e. The van der Waals surface area contributed by atoms with Gasteiger partial charge in [0.05, 0.1) is 12.7 Å². The number of ether oxygens (including phenoxy) is 2. The Kier molecular flexibility index (Phi) is 3.63. The molecule has 4 heteroatoms. The zero-order valence-electron chi connectivity index (χ0n) is 11.2. The summed E-state index contributed by atoms with van der Waals surface area (Å²) in [6.45, 7) is 0. The molecule has 1 saturated carbocycles. The van der Waals surface area contributed by atoms with E-state index in [9.17, 15) is 5.11 Å². The van der Waals surface area contributed by atoms with Gasteiger partial charge in [-0.05, 0) is 54.9 Å². The smallest absolute Gasteiger partial charge is 0.161 e. The quantitative estimate of drug-likeness (QED) is 0.920. The molecular weight excluding hydrogens is 260 g/mol. The summed E-state index contributed by atoms with van der Waals surface area (Å²) in [6.07, 6.45) is 4.14. The minimum atomic E-state index is -0.618. The Morgan fingerprint density at radius 2 is 1.95 bits per heavy atom. The summed E-state index contributed by atoms with van der Waals surface area (Å²) in [7, 11) is 1.66. The molecule has 3 rings (SSSR count). The van der Waals surface area contributed by atoms with Gasteiger partial charge >= 0.3 is 0 Å². The largest absolute Gasteiger partial charge is 0.493 e. The molecule has 2 fully saturated rings. The molecule has 0 radical (unpaired) electrons. The predicted octanol–water partition coefficient (Wildman–Crippen LogP) is 2.95. The average Bonchev–Trinajstić information content (AvgIpc) is 3.19. The average molecular weight is 280 g/mol. The van der Waals surface area contributed by atoms with Crippen molar-refractivity contribution in [1.82, 2.24) is 0 Å². The van der Waals surface area contributed by atoms with E-state index in [2.05, 4.69) is 0 Å². The van der Waals surface area contributed by atoms with Crippen LogP contribution in [0.4, 0.5) is 0 Å². The first kappa shape index (κ1) is 13.1. The third-order valence-electron chi connectivity index (χ3n) is 3.89. The molecular formula is C15H20O3S. The lowest BCUT2D eigenvalue weighted by Gasteiger charge is -2.24. The van der Waals surface area contributed by atoms with Gasteiger partial charge in [-0.15, -0.1) is 0 Å². The molecule has 0 spiro atoms. The number of methoxy groups -OCH3 is 1. The van der Waals surface area contributed by atoms with Crippen molar-refractivity contribution in [3.8, 4) is 11.5 Å². The molecule has 2 aliphatic rings. The molecule has 0 aromatic heterocycles. The highest BCUT2D eigenvalue weighted by atomic mass is 32.2. The van der Waals surface area contributed by atoms with Crippen LogP contribution in [0.2, 0.25) is 0 Å². The van der Waals surface area contributed by atoms with Gasteiger partial charge in [0.15, 0.2) is 11.5 Å². The van der Waals surface area contributed by atoms with Crippen LogP contribution < -0.4 is 9.47 Å². The summed E-state index contributed by atoms with van der Waals surface area (Å²) in [5, 5.41) is 10.2. The normalized spacial score (nSPS) is 22.0. The van der Waals surface area contributed by atoms with Crippen molar-refractivity contribution in [2.75, 3.05) is 18.6 Å². The van der Waals surface area contributed by atoms with Crippen molar-refractivity contribution < 1.29 is 14.6 Å². The van der Waals surface area contributed by atoms with Crippen molar-refractivity contribution in [3.63, 3.8) is 0 Å². The second kappa shape index (κ2) is 5.25. The van der Waals surface area contributed by atoms with Crippen LogP contribution in [0.1, 0.15) is 31.2 Å². The minimum absolute atomic E-state index is 0.277. The maximum Gasteiger partial charge on any atom is 0.161 e. The molecule has 0 bridgehead atoms. The third kappa shape index (κ3) is 2.84.